The lowest BCUT2D eigenvalue weighted by Crippen LogP contribution is -2.33. The first-order valence-electron chi connectivity index (χ1n) is 9.52. The molecule has 0 spiro atoms. The molecule has 0 aliphatic carbocycles. The minimum atomic E-state index is -0.0416. The van der Waals surface area contributed by atoms with Gasteiger partial charge in [-0.15, -0.1) is 46.4 Å². The molecule has 4 nitrogen and oxygen atoms in total. The van der Waals surface area contributed by atoms with Crippen LogP contribution in [-0.2, 0) is 13.1 Å². The molecule has 1 aromatic rings. The number of rotatable bonds is 12. The van der Waals surface area contributed by atoms with Gasteiger partial charge in [0.1, 0.15) is 11.5 Å². The molecule has 162 valence electrons. The Labute approximate surface area is 189 Å². The fraction of sp³-hybridized carbons (Fsp3) is 0.700. The zero-order chi connectivity index (χ0) is 21.4. The highest BCUT2D eigenvalue weighted by Crippen LogP contribution is 2.30. The number of benzene rings is 1. The first-order chi connectivity index (χ1) is 13.0. The molecule has 0 aliphatic heterocycles. The van der Waals surface area contributed by atoms with Crippen LogP contribution in [0.4, 0.5) is 0 Å². The highest BCUT2D eigenvalue weighted by Gasteiger charge is 2.18. The van der Waals surface area contributed by atoms with Crippen LogP contribution in [0.2, 0.25) is 0 Å². The topological polar surface area (TPSA) is 46.9 Å². The molecule has 2 N–H and O–H groups in total. The van der Waals surface area contributed by atoms with Crippen molar-refractivity contribution in [3.05, 3.63) is 23.3 Å². The van der Waals surface area contributed by atoms with Crippen molar-refractivity contribution in [1.82, 2.24) is 9.80 Å². The summed E-state index contributed by atoms with van der Waals surface area (Å²) in [5, 5.41) is 20.5. The van der Waals surface area contributed by atoms with E-state index in [4.69, 9.17) is 46.4 Å². The van der Waals surface area contributed by atoms with Gasteiger partial charge in [0.2, 0.25) is 0 Å². The van der Waals surface area contributed by atoms with Crippen molar-refractivity contribution in [3.8, 4) is 11.5 Å². The molecular weight excluding hydrogens is 442 g/mol. The second kappa shape index (κ2) is 12.6. The summed E-state index contributed by atoms with van der Waals surface area (Å²) in [5.41, 5.74) is 1.44. The van der Waals surface area contributed by atoms with Crippen molar-refractivity contribution >= 4 is 46.4 Å². The number of halogens is 4. The lowest BCUT2D eigenvalue weighted by molar-refractivity contribution is 0.260. The zero-order valence-electron chi connectivity index (χ0n) is 17.0. The van der Waals surface area contributed by atoms with E-state index in [1.165, 1.54) is 6.07 Å². The molecule has 1 aromatic carbocycles. The summed E-state index contributed by atoms with van der Waals surface area (Å²) in [6, 6.07) is 3.23. The fourth-order valence-corrected chi connectivity index (χ4v) is 4.02. The van der Waals surface area contributed by atoms with E-state index < -0.39 is 0 Å². The second-order valence-corrected chi connectivity index (χ2v) is 10.6. The van der Waals surface area contributed by atoms with Crippen LogP contribution in [0.5, 0.6) is 11.5 Å². The molecule has 0 saturated heterocycles. The van der Waals surface area contributed by atoms with Crippen molar-refractivity contribution in [3.63, 3.8) is 0 Å². The molecule has 1 rings (SSSR count). The molecule has 0 fully saturated rings. The monoisotopic (exact) mass is 472 g/mol. The van der Waals surface area contributed by atoms with Crippen LogP contribution >= 0.6 is 46.4 Å². The summed E-state index contributed by atoms with van der Waals surface area (Å²) in [6.07, 6.45) is 0. The summed E-state index contributed by atoms with van der Waals surface area (Å²) >= 11 is 24.7. The third-order valence-electron chi connectivity index (χ3n) is 4.11. The summed E-state index contributed by atoms with van der Waals surface area (Å²) in [4.78, 5) is 4.20. The van der Waals surface area contributed by atoms with Gasteiger partial charge in [-0.1, -0.05) is 0 Å². The van der Waals surface area contributed by atoms with E-state index in [-0.39, 0.29) is 33.0 Å². The molecule has 0 unspecified atom stereocenters. The van der Waals surface area contributed by atoms with Crippen LogP contribution in [-0.4, -0.2) is 67.7 Å². The normalized spacial score (nSPS) is 16.4. The summed E-state index contributed by atoms with van der Waals surface area (Å²) in [7, 11) is 0. The molecule has 0 heterocycles. The van der Waals surface area contributed by atoms with E-state index in [1.807, 2.05) is 33.8 Å². The van der Waals surface area contributed by atoms with Gasteiger partial charge in [0, 0.05) is 78.0 Å². The van der Waals surface area contributed by atoms with Gasteiger partial charge in [0.25, 0.3) is 0 Å². The SMILES string of the molecule is C[C@H](Cl)CN(Cc1cc(CN(C[C@H](C)Cl)C[C@@H](C)Cl)c(O)cc1O)C[C@@H](C)Cl. The number of nitrogens with zero attached hydrogens (tertiary/aromatic N) is 2. The largest absolute Gasteiger partial charge is 0.507 e. The van der Waals surface area contributed by atoms with E-state index in [2.05, 4.69) is 9.80 Å². The molecule has 0 amide bonds. The predicted molar refractivity (Wildman–Crippen MR) is 122 cm³/mol. The third-order valence-corrected chi connectivity index (χ3v) is 4.66. The van der Waals surface area contributed by atoms with Gasteiger partial charge in [0.05, 0.1) is 0 Å². The molecule has 0 aromatic heterocycles. The molecule has 28 heavy (non-hydrogen) atoms. The van der Waals surface area contributed by atoms with Crippen LogP contribution in [0.25, 0.3) is 0 Å². The first-order valence-corrected chi connectivity index (χ1v) is 11.3. The summed E-state index contributed by atoms with van der Waals surface area (Å²) in [5.74, 6) is 0.109. The van der Waals surface area contributed by atoms with Crippen molar-refractivity contribution in [2.75, 3.05) is 26.2 Å². The number of phenolic OH excluding ortho intramolecular Hbond substituents is 2. The van der Waals surface area contributed by atoms with Crippen molar-refractivity contribution in [2.24, 2.45) is 0 Å². The highest BCUT2D eigenvalue weighted by atomic mass is 35.5. The van der Waals surface area contributed by atoms with Crippen LogP contribution in [0.15, 0.2) is 12.1 Å². The summed E-state index contributed by atoms with van der Waals surface area (Å²) < 4.78 is 0. The zero-order valence-corrected chi connectivity index (χ0v) is 20.0. The van der Waals surface area contributed by atoms with E-state index in [0.717, 1.165) is 11.1 Å². The Morgan fingerprint density at radius 2 is 0.929 bits per heavy atom. The van der Waals surface area contributed by atoms with E-state index in [9.17, 15) is 10.2 Å². The van der Waals surface area contributed by atoms with Gasteiger partial charge < -0.3 is 10.2 Å². The van der Waals surface area contributed by atoms with Crippen molar-refractivity contribution in [1.29, 1.82) is 0 Å². The number of phenols is 2. The fourth-order valence-electron chi connectivity index (χ4n) is 3.24. The number of hydrogen-bond acceptors (Lipinski definition) is 4. The van der Waals surface area contributed by atoms with E-state index >= 15 is 0 Å². The molecule has 8 heteroatoms. The smallest absolute Gasteiger partial charge is 0.123 e. The van der Waals surface area contributed by atoms with Crippen molar-refractivity contribution < 1.29 is 10.2 Å². The first kappa shape index (κ1) is 25.9. The molecule has 0 bridgehead atoms. The Hall–Kier alpha value is -0.100. The Kier molecular flexibility index (Phi) is 11.6. The summed E-state index contributed by atoms with van der Waals surface area (Å²) in [6.45, 7) is 11.3. The maximum absolute atomic E-state index is 10.3. The third kappa shape index (κ3) is 10.1. The lowest BCUT2D eigenvalue weighted by atomic mass is 10.1. The van der Waals surface area contributed by atoms with Crippen LogP contribution in [0.3, 0.4) is 0 Å². The molecule has 0 aliphatic rings. The lowest BCUT2D eigenvalue weighted by Gasteiger charge is -2.27. The van der Waals surface area contributed by atoms with Crippen LogP contribution < -0.4 is 0 Å². The maximum Gasteiger partial charge on any atom is 0.123 e. The van der Waals surface area contributed by atoms with E-state index in [0.29, 0.717) is 39.3 Å². The van der Waals surface area contributed by atoms with Crippen molar-refractivity contribution in [2.45, 2.75) is 62.3 Å². The minimum Gasteiger partial charge on any atom is -0.507 e. The number of alkyl halides is 4. The molecule has 4 atom stereocenters. The van der Waals surface area contributed by atoms with Gasteiger partial charge in [-0.25, -0.2) is 0 Å². The molecule has 0 saturated carbocycles. The average molecular weight is 474 g/mol. The standard InChI is InChI=1S/C20H32Cl4N2O2/c1-13(21)7-25(8-14(2)22)11-17-5-18(20(28)6-19(17)27)12-26(9-15(3)23)10-16(4)24/h5-6,13-16,27-28H,7-12H2,1-4H3/t13-,14+,15-,16+. The maximum atomic E-state index is 10.3. The van der Waals surface area contributed by atoms with Gasteiger partial charge in [-0.2, -0.15) is 0 Å². The second-order valence-electron chi connectivity index (χ2n) is 7.62. The van der Waals surface area contributed by atoms with Crippen LogP contribution in [0.1, 0.15) is 38.8 Å². The Morgan fingerprint density at radius 3 is 1.18 bits per heavy atom. The number of aromatic hydroxyl groups is 2. The number of hydrogen-bond donors (Lipinski definition) is 2. The quantitative estimate of drug-likeness (QED) is 0.409. The van der Waals surface area contributed by atoms with Gasteiger partial charge in [-0.3, -0.25) is 9.80 Å². The Morgan fingerprint density at radius 1 is 0.643 bits per heavy atom. The highest BCUT2D eigenvalue weighted by molar-refractivity contribution is 6.21. The Balaban J connectivity index is 3.05. The van der Waals surface area contributed by atoms with Gasteiger partial charge in [0.15, 0.2) is 0 Å². The molecular formula is C20H32Cl4N2O2. The Bertz CT molecular complexity index is 531. The predicted octanol–water partition coefficient (Wildman–Crippen LogP) is 5.21. The van der Waals surface area contributed by atoms with E-state index in [1.54, 1.807) is 0 Å². The molecule has 0 radical (unpaired) electrons. The average Bonchev–Trinajstić information content (AvgIpc) is 2.49. The van der Waals surface area contributed by atoms with Crippen LogP contribution in [0, 0.1) is 0 Å². The van der Waals surface area contributed by atoms with Gasteiger partial charge >= 0.3 is 0 Å². The van der Waals surface area contributed by atoms with Gasteiger partial charge in [-0.05, 0) is 33.8 Å². The minimum absolute atomic E-state index is 0.0416.